The Bertz CT molecular complexity index is 801. The molecule has 0 saturated heterocycles. The van der Waals surface area contributed by atoms with Crippen LogP contribution < -0.4 is 0 Å². The first-order valence-electron chi connectivity index (χ1n) is 6.79. The van der Waals surface area contributed by atoms with E-state index in [0.717, 1.165) is 0 Å². The number of ketones is 1. The standard InChI is InChI=1S/C15H14O2.CHF3O3S/c1-15(17,13-10-6-3-7-11-13)14(16)12-8-4-2-5-9-12;2-1(3,4)8(5,6)7/h2-11,17H,1H3;(H,5,6,7). The monoisotopic (exact) mass is 376 g/mol. The second-order valence-corrected chi connectivity index (χ2v) is 6.47. The lowest BCUT2D eigenvalue weighted by atomic mass is 9.88. The van der Waals surface area contributed by atoms with Crippen molar-refractivity contribution in [2.75, 3.05) is 0 Å². The number of carbonyl (C=O) groups excluding carboxylic acids is 1. The van der Waals surface area contributed by atoms with Crippen LogP contribution >= 0.6 is 0 Å². The van der Waals surface area contributed by atoms with Gasteiger partial charge in [0.15, 0.2) is 5.78 Å². The van der Waals surface area contributed by atoms with E-state index < -0.39 is 21.2 Å². The molecule has 0 amide bonds. The number of rotatable bonds is 3. The van der Waals surface area contributed by atoms with Crippen LogP contribution in [-0.2, 0) is 15.7 Å². The number of hydrogen-bond donors (Lipinski definition) is 2. The molecule has 0 fully saturated rings. The van der Waals surface area contributed by atoms with Crippen molar-refractivity contribution in [1.82, 2.24) is 0 Å². The fraction of sp³-hybridized carbons (Fsp3) is 0.188. The van der Waals surface area contributed by atoms with Gasteiger partial charge in [-0.2, -0.15) is 21.6 Å². The molecule has 25 heavy (non-hydrogen) atoms. The minimum Gasteiger partial charge on any atom is -0.377 e. The Kier molecular flexibility index (Phi) is 6.47. The first-order valence-corrected chi connectivity index (χ1v) is 8.23. The summed E-state index contributed by atoms with van der Waals surface area (Å²) in [6, 6.07) is 17.8. The van der Waals surface area contributed by atoms with E-state index in [4.69, 9.17) is 13.0 Å². The molecule has 5 nitrogen and oxygen atoms in total. The van der Waals surface area contributed by atoms with Gasteiger partial charge in [-0.15, -0.1) is 0 Å². The number of halogens is 3. The van der Waals surface area contributed by atoms with Crippen molar-refractivity contribution in [2.45, 2.75) is 18.0 Å². The van der Waals surface area contributed by atoms with Crippen LogP contribution in [-0.4, -0.2) is 29.4 Å². The van der Waals surface area contributed by atoms with Gasteiger partial charge < -0.3 is 5.11 Å². The van der Waals surface area contributed by atoms with Crippen LogP contribution in [0.4, 0.5) is 13.2 Å². The minimum atomic E-state index is -5.84. The van der Waals surface area contributed by atoms with E-state index in [-0.39, 0.29) is 5.78 Å². The first kappa shape index (κ1) is 20.8. The maximum Gasteiger partial charge on any atom is 0.522 e. The summed E-state index contributed by atoms with van der Waals surface area (Å²) in [5, 5.41) is 10.4. The lowest BCUT2D eigenvalue weighted by Crippen LogP contribution is -2.32. The van der Waals surface area contributed by atoms with Crippen LogP contribution in [0.1, 0.15) is 22.8 Å². The van der Waals surface area contributed by atoms with Crippen LogP contribution in [0.2, 0.25) is 0 Å². The van der Waals surface area contributed by atoms with Gasteiger partial charge in [0.05, 0.1) is 0 Å². The Morgan fingerprint density at radius 1 is 0.920 bits per heavy atom. The molecule has 0 aromatic heterocycles. The van der Waals surface area contributed by atoms with Gasteiger partial charge in [0.1, 0.15) is 5.60 Å². The van der Waals surface area contributed by atoms with Crippen molar-refractivity contribution in [3.63, 3.8) is 0 Å². The van der Waals surface area contributed by atoms with Crippen molar-refractivity contribution in [1.29, 1.82) is 0 Å². The summed E-state index contributed by atoms with van der Waals surface area (Å²) in [6.07, 6.45) is 0. The average Bonchev–Trinajstić information content (AvgIpc) is 2.54. The van der Waals surface area contributed by atoms with Gasteiger partial charge in [-0.25, -0.2) is 0 Å². The van der Waals surface area contributed by atoms with E-state index in [0.29, 0.717) is 11.1 Å². The SMILES string of the molecule is CC(O)(C(=O)c1ccccc1)c1ccccc1.O=S(=O)(O)C(F)(F)F. The highest BCUT2D eigenvalue weighted by atomic mass is 32.2. The van der Waals surface area contributed by atoms with E-state index in [2.05, 4.69) is 0 Å². The predicted molar refractivity (Wildman–Crippen MR) is 84.4 cm³/mol. The molecular formula is C16H15F3O5S. The zero-order chi connectivity index (χ0) is 19.3. The quantitative estimate of drug-likeness (QED) is 0.488. The number of carbonyl (C=O) groups is 1. The summed E-state index contributed by atoms with van der Waals surface area (Å²) in [7, 11) is -5.84. The molecule has 0 spiro atoms. The fourth-order valence-electron chi connectivity index (χ4n) is 1.76. The highest BCUT2D eigenvalue weighted by Gasteiger charge is 2.44. The third kappa shape index (κ3) is 5.66. The van der Waals surface area contributed by atoms with Crippen LogP contribution in [0.25, 0.3) is 0 Å². The van der Waals surface area contributed by atoms with Gasteiger partial charge in [-0.3, -0.25) is 9.35 Å². The smallest absolute Gasteiger partial charge is 0.377 e. The largest absolute Gasteiger partial charge is 0.522 e. The van der Waals surface area contributed by atoms with Gasteiger partial charge in [-0.1, -0.05) is 60.7 Å². The summed E-state index contributed by atoms with van der Waals surface area (Å²) in [4.78, 5) is 12.2. The topological polar surface area (TPSA) is 91.7 Å². The third-order valence-electron chi connectivity index (χ3n) is 3.11. The molecule has 2 N–H and O–H groups in total. The fourth-order valence-corrected chi connectivity index (χ4v) is 1.76. The van der Waals surface area contributed by atoms with Crippen LogP contribution in [0.15, 0.2) is 60.7 Å². The number of hydrogen-bond acceptors (Lipinski definition) is 4. The molecule has 2 aromatic carbocycles. The Hall–Kier alpha value is -2.23. The van der Waals surface area contributed by atoms with E-state index in [1.54, 1.807) is 36.4 Å². The lowest BCUT2D eigenvalue weighted by Gasteiger charge is -2.22. The molecular weight excluding hydrogens is 361 g/mol. The molecule has 2 rings (SSSR count). The zero-order valence-electron chi connectivity index (χ0n) is 12.9. The lowest BCUT2D eigenvalue weighted by molar-refractivity contribution is -0.0510. The van der Waals surface area contributed by atoms with Gasteiger partial charge in [0.2, 0.25) is 0 Å². The number of Topliss-reactive ketones (excluding diaryl/α,β-unsaturated/α-hetero) is 1. The maximum absolute atomic E-state index is 12.2. The molecule has 9 heteroatoms. The summed E-state index contributed by atoms with van der Waals surface area (Å²) in [6.45, 7) is 1.53. The Labute approximate surface area is 142 Å². The summed E-state index contributed by atoms with van der Waals surface area (Å²) >= 11 is 0. The molecule has 0 heterocycles. The van der Waals surface area contributed by atoms with Crippen molar-refractivity contribution in [3.8, 4) is 0 Å². The Morgan fingerprint density at radius 3 is 1.64 bits per heavy atom. The van der Waals surface area contributed by atoms with Crippen molar-refractivity contribution < 1.29 is 36.0 Å². The van der Waals surface area contributed by atoms with E-state index in [1.807, 2.05) is 24.3 Å². The minimum absolute atomic E-state index is 0.288. The van der Waals surface area contributed by atoms with Gasteiger partial charge >= 0.3 is 15.6 Å². The molecule has 0 aliphatic carbocycles. The van der Waals surface area contributed by atoms with E-state index in [9.17, 15) is 23.1 Å². The van der Waals surface area contributed by atoms with Crippen LogP contribution in [0, 0.1) is 0 Å². The average molecular weight is 376 g/mol. The molecule has 0 radical (unpaired) electrons. The number of benzene rings is 2. The van der Waals surface area contributed by atoms with Crippen molar-refractivity contribution in [3.05, 3.63) is 71.8 Å². The van der Waals surface area contributed by atoms with Gasteiger partial charge in [0, 0.05) is 5.56 Å². The van der Waals surface area contributed by atoms with Crippen LogP contribution in [0.3, 0.4) is 0 Å². The normalized spacial score (nSPS) is 14.0. The summed E-state index contributed by atoms with van der Waals surface area (Å²) < 4.78 is 57.5. The van der Waals surface area contributed by atoms with Crippen LogP contribution in [0.5, 0.6) is 0 Å². The highest BCUT2D eigenvalue weighted by molar-refractivity contribution is 7.86. The van der Waals surface area contributed by atoms with E-state index in [1.165, 1.54) is 6.92 Å². The van der Waals surface area contributed by atoms with Crippen molar-refractivity contribution in [2.24, 2.45) is 0 Å². The molecule has 2 aromatic rings. The Morgan fingerprint density at radius 2 is 1.28 bits per heavy atom. The first-order chi connectivity index (χ1) is 11.4. The number of aliphatic hydroxyl groups is 1. The highest BCUT2D eigenvalue weighted by Crippen LogP contribution is 2.25. The molecule has 1 atom stereocenters. The maximum atomic E-state index is 12.2. The summed E-state index contributed by atoms with van der Waals surface area (Å²) in [5.41, 5.74) is -5.90. The van der Waals surface area contributed by atoms with E-state index >= 15 is 0 Å². The zero-order valence-corrected chi connectivity index (χ0v) is 13.8. The van der Waals surface area contributed by atoms with Gasteiger partial charge in [0.25, 0.3) is 0 Å². The molecule has 0 saturated carbocycles. The molecule has 136 valence electrons. The summed E-state index contributed by atoms with van der Waals surface area (Å²) in [5.74, 6) is -0.288. The van der Waals surface area contributed by atoms with Gasteiger partial charge in [-0.05, 0) is 12.5 Å². The molecule has 0 aliphatic heterocycles. The third-order valence-corrected chi connectivity index (χ3v) is 3.69. The Balaban J connectivity index is 0.000000333. The van der Waals surface area contributed by atoms with Crippen molar-refractivity contribution >= 4 is 15.9 Å². The predicted octanol–water partition coefficient (Wildman–Crippen LogP) is 3.17. The second-order valence-electron chi connectivity index (χ2n) is 5.05. The molecule has 0 bridgehead atoms. The number of alkyl halides is 3. The molecule has 1 unspecified atom stereocenters. The second kappa shape index (κ2) is 7.77. The molecule has 0 aliphatic rings.